The molecule has 2 atom stereocenters. The van der Waals surface area contributed by atoms with Gasteiger partial charge in [-0.15, -0.1) is 0 Å². The maximum Gasteiger partial charge on any atom is 1.00 e. The van der Waals surface area contributed by atoms with Crippen molar-refractivity contribution in [3.05, 3.63) is 47.0 Å². The van der Waals surface area contributed by atoms with Gasteiger partial charge in [0.05, 0.1) is 18.8 Å². The molecule has 0 radical (unpaired) electrons. The van der Waals surface area contributed by atoms with Crippen LogP contribution in [0.15, 0.2) is 36.4 Å². The molecule has 32 heavy (non-hydrogen) atoms. The van der Waals surface area contributed by atoms with E-state index < -0.39 is 6.10 Å². The minimum atomic E-state index is -0.626. The van der Waals surface area contributed by atoms with Crippen LogP contribution in [-0.4, -0.2) is 68.8 Å². The summed E-state index contributed by atoms with van der Waals surface area (Å²) in [5.41, 5.74) is 0.971. The molecular weight excluding hydrogens is 440 g/mol. The minimum Gasteiger partial charge on any atom is -0.464 e. The summed E-state index contributed by atoms with van der Waals surface area (Å²) in [6.07, 6.45) is 7.45. The van der Waals surface area contributed by atoms with E-state index in [1.54, 1.807) is 19.1 Å². The summed E-state index contributed by atoms with van der Waals surface area (Å²) >= 11 is 6.00. The summed E-state index contributed by atoms with van der Waals surface area (Å²) in [6, 6.07) is 7.45. The Kier molecular flexibility index (Phi) is 17.2. The molecule has 1 aromatic carbocycles. The van der Waals surface area contributed by atoms with Gasteiger partial charge in [0.15, 0.2) is 0 Å². The first-order valence-electron chi connectivity index (χ1n) is 10.6. The van der Waals surface area contributed by atoms with Crippen molar-refractivity contribution in [2.24, 2.45) is 0 Å². The molecule has 2 rings (SSSR count). The van der Waals surface area contributed by atoms with Gasteiger partial charge in [0.25, 0.3) is 0 Å². The van der Waals surface area contributed by atoms with E-state index in [9.17, 15) is 14.7 Å². The molecule has 9 heteroatoms. The first-order chi connectivity index (χ1) is 14.5. The number of benzene rings is 1. The molecule has 0 spiro atoms. The summed E-state index contributed by atoms with van der Waals surface area (Å²) in [7, 11) is 0. The van der Waals surface area contributed by atoms with E-state index in [0.29, 0.717) is 37.6 Å². The van der Waals surface area contributed by atoms with Crippen LogP contribution in [0, 0.1) is 0 Å². The SMILES string of the molecule is CCOC(=O)COCCCCN1C(=O)CCCC1/C=C/[C@H](O)Cc1cccc(Cl)c1.[BH4-].[Na+]. The van der Waals surface area contributed by atoms with Crippen LogP contribution in [0.3, 0.4) is 0 Å². The van der Waals surface area contributed by atoms with Crippen LogP contribution in [0.25, 0.3) is 0 Å². The second kappa shape index (κ2) is 17.6. The van der Waals surface area contributed by atoms with Gasteiger partial charge >= 0.3 is 35.5 Å². The number of ether oxygens (including phenoxy) is 2. The number of amides is 1. The van der Waals surface area contributed by atoms with Crippen LogP contribution >= 0.6 is 11.6 Å². The topological polar surface area (TPSA) is 76.1 Å². The fourth-order valence-corrected chi connectivity index (χ4v) is 3.72. The summed E-state index contributed by atoms with van der Waals surface area (Å²) < 4.78 is 10.1. The summed E-state index contributed by atoms with van der Waals surface area (Å²) in [6.45, 7) is 3.17. The second-order valence-electron chi connectivity index (χ2n) is 7.40. The number of hydrogen-bond acceptors (Lipinski definition) is 5. The fourth-order valence-electron chi connectivity index (χ4n) is 3.51. The van der Waals surface area contributed by atoms with E-state index in [0.717, 1.165) is 31.2 Å². The van der Waals surface area contributed by atoms with E-state index in [4.69, 9.17) is 21.1 Å². The van der Waals surface area contributed by atoms with Crippen molar-refractivity contribution in [3.63, 3.8) is 0 Å². The molecule has 0 aromatic heterocycles. The number of piperidine rings is 1. The van der Waals surface area contributed by atoms with E-state index >= 15 is 0 Å². The Morgan fingerprint density at radius 1 is 1.38 bits per heavy atom. The van der Waals surface area contributed by atoms with Crippen molar-refractivity contribution in [3.8, 4) is 0 Å². The smallest absolute Gasteiger partial charge is 0.464 e. The zero-order valence-electron chi connectivity index (χ0n) is 18.6. The first-order valence-corrected chi connectivity index (χ1v) is 11.0. The molecule has 0 aliphatic carbocycles. The van der Waals surface area contributed by atoms with Crippen molar-refractivity contribution in [2.45, 2.75) is 57.6 Å². The van der Waals surface area contributed by atoms with Crippen LogP contribution < -0.4 is 29.6 Å². The number of rotatable bonds is 12. The maximum absolute atomic E-state index is 12.4. The van der Waals surface area contributed by atoms with Gasteiger partial charge in [0.2, 0.25) is 5.91 Å². The zero-order chi connectivity index (χ0) is 21.8. The number of carbonyl (C=O) groups excluding carboxylic acids is 2. The standard InChI is InChI=1S/C23H32ClNO5.BH4.Na/c1-2-30-23(28)17-29-14-4-3-13-25-20(9-6-10-22(25)27)11-12-21(26)16-18-7-5-8-19(24)15-18;;/h5,7-8,11-12,15,20-21,26H,2-4,6,9-10,13-14,16-17H2,1H3;1H4;/q;-1;+1/b12-11+;;/t20?,21-;;/m0../s1. The van der Waals surface area contributed by atoms with Crippen LogP contribution in [0.1, 0.15) is 44.6 Å². The van der Waals surface area contributed by atoms with Gasteiger partial charge < -0.3 is 19.5 Å². The number of aliphatic hydroxyl groups excluding tert-OH is 1. The normalized spacial score (nSPS) is 16.9. The molecule has 174 valence electrons. The molecule has 1 N–H and O–H groups in total. The summed E-state index contributed by atoms with van der Waals surface area (Å²) in [4.78, 5) is 25.5. The van der Waals surface area contributed by atoms with Crippen molar-refractivity contribution in [1.82, 2.24) is 4.90 Å². The Morgan fingerprint density at radius 3 is 2.88 bits per heavy atom. The predicted molar refractivity (Wildman–Crippen MR) is 128 cm³/mol. The third kappa shape index (κ3) is 11.9. The molecule has 1 amide bonds. The fraction of sp³-hybridized carbons (Fsp3) is 0.565. The molecule has 1 fully saturated rings. The van der Waals surface area contributed by atoms with Crippen LogP contribution in [0.2, 0.25) is 5.02 Å². The monoisotopic (exact) mass is 475 g/mol. The van der Waals surface area contributed by atoms with Gasteiger partial charge in [-0.2, -0.15) is 0 Å². The van der Waals surface area contributed by atoms with Gasteiger partial charge in [-0.3, -0.25) is 4.79 Å². The van der Waals surface area contributed by atoms with E-state index in [1.807, 2.05) is 29.2 Å². The van der Waals surface area contributed by atoms with Crippen LogP contribution in [0.4, 0.5) is 0 Å². The Labute approximate surface area is 220 Å². The average molecular weight is 476 g/mol. The molecule has 0 bridgehead atoms. The van der Waals surface area contributed by atoms with E-state index in [-0.39, 0.29) is 62.5 Å². The Balaban J connectivity index is 0.00000480. The molecule has 0 saturated carbocycles. The molecule has 1 aromatic rings. The molecule has 6 nitrogen and oxygen atoms in total. The largest absolute Gasteiger partial charge is 1.00 e. The number of unbranched alkanes of at least 4 members (excludes halogenated alkanes) is 1. The Morgan fingerprint density at radius 2 is 2.16 bits per heavy atom. The molecule has 1 unspecified atom stereocenters. The number of halogens is 1. The van der Waals surface area contributed by atoms with Crippen LogP contribution in [0.5, 0.6) is 0 Å². The van der Waals surface area contributed by atoms with E-state index in [1.165, 1.54) is 0 Å². The summed E-state index contributed by atoms with van der Waals surface area (Å²) in [5.74, 6) is -0.210. The quantitative estimate of drug-likeness (QED) is 0.183. The number of esters is 1. The minimum absolute atomic E-state index is 0. The average Bonchev–Trinajstić information content (AvgIpc) is 2.70. The molecule has 1 aliphatic rings. The summed E-state index contributed by atoms with van der Waals surface area (Å²) in [5, 5.41) is 11.0. The van der Waals surface area contributed by atoms with Crippen molar-refractivity contribution >= 4 is 31.9 Å². The molecular formula is C23H36BClNNaO5. The Hall–Kier alpha value is -0.825. The number of aliphatic hydroxyl groups is 1. The third-order valence-corrected chi connectivity index (χ3v) is 5.20. The number of carbonyl (C=O) groups is 2. The second-order valence-corrected chi connectivity index (χ2v) is 7.83. The number of hydrogen-bond donors (Lipinski definition) is 1. The predicted octanol–water partition coefficient (Wildman–Crippen LogP) is -0.907. The van der Waals surface area contributed by atoms with E-state index in [2.05, 4.69) is 0 Å². The van der Waals surface area contributed by atoms with Gasteiger partial charge in [-0.05, 0) is 50.3 Å². The zero-order valence-corrected chi connectivity index (χ0v) is 21.4. The van der Waals surface area contributed by atoms with Crippen LogP contribution in [-0.2, 0) is 25.5 Å². The van der Waals surface area contributed by atoms with Gasteiger partial charge in [-0.25, -0.2) is 4.79 Å². The van der Waals surface area contributed by atoms with Gasteiger partial charge in [-0.1, -0.05) is 44.3 Å². The van der Waals surface area contributed by atoms with Crippen molar-refractivity contribution in [1.29, 1.82) is 0 Å². The maximum atomic E-state index is 12.4. The van der Waals surface area contributed by atoms with Gasteiger partial charge in [0.1, 0.15) is 6.61 Å². The number of nitrogens with zero attached hydrogens (tertiary/aromatic N) is 1. The Bertz CT molecular complexity index is 721. The molecule has 1 saturated heterocycles. The molecule has 1 heterocycles. The first kappa shape index (κ1) is 31.2. The van der Waals surface area contributed by atoms with Crippen molar-refractivity contribution in [2.75, 3.05) is 26.4 Å². The third-order valence-electron chi connectivity index (χ3n) is 4.96. The molecule has 1 aliphatic heterocycles. The van der Waals surface area contributed by atoms with Gasteiger partial charge in [0, 0.05) is 31.0 Å². The van der Waals surface area contributed by atoms with Crippen molar-refractivity contribution < 1.29 is 53.7 Å². The number of likely N-dealkylation sites (tertiary alicyclic amines) is 1.